The summed E-state index contributed by atoms with van der Waals surface area (Å²) in [5.74, 6) is 0. The SMILES string of the molecule is CC(C)(C)[Si](C)(C)O[C@H]1C[C@]23COC(=O)O[C@@]2(C)[C@]12CCCC[C@@]32CO. The number of rotatable bonds is 3. The molecule has 1 saturated heterocycles. The number of carbonyl (C=O) groups is 1. The molecular weight excluding hydrogens is 348 g/mol. The van der Waals surface area contributed by atoms with Crippen LogP contribution in [0.3, 0.4) is 0 Å². The Bertz CT molecular complexity index is 643. The van der Waals surface area contributed by atoms with Crippen molar-refractivity contribution in [3.8, 4) is 0 Å². The highest BCUT2D eigenvalue weighted by Crippen LogP contribution is 2.88. The molecule has 2 bridgehead atoms. The fourth-order valence-corrected chi connectivity index (χ4v) is 8.43. The van der Waals surface area contributed by atoms with Crippen molar-refractivity contribution in [1.29, 1.82) is 0 Å². The molecular formula is C20H34O5Si. The Kier molecular flexibility index (Phi) is 3.65. The average molecular weight is 383 g/mol. The van der Waals surface area contributed by atoms with Crippen LogP contribution < -0.4 is 0 Å². The molecule has 1 heterocycles. The molecule has 5 fully saturated rings. The minimum atomic E-state index is -1.99. The Morgan fingerprint density at radius 3 is 2.54 bits per heavy atom. The number of aliphatic hydroxyl groups is 1. The lowest BCUT2D eigenvalue weighted by Crippen LogP contribution is -2.84. The van der Waals surface area contributed by atoms with Crippen LogP contribution in [0.1, 0.15) is 59.8 Å². The van der Waals surface area contributed by atoms with Gasteiger partial charge in [-0.2, -0.15) is 0 Å². The summed E-state index contributed by atoms with van der Waals surface area (Å²) in [5.41, 5.74) is -1.45. The minimum Gasteiger partial charge on any atom is -0.433 e. The maximum Gasteiger partial charge on any atom is 0.508 e. The van der Waals surface area contributed by atoms with Gasteiger partial charge >= 0.3 is 6.16 Å². The molecule has 148 valence electrons. The van der Waals surface area contributed by atoms with E-state index in [1.54, 1.807) is 0 Å². The van der Waals surface area contributed by atoms with Crippen LogP contribution >= 0.6 is 0 Å². The number of carbonyl (C=O) groups excluding carboxylic acids is 1. The first-order chi connectivity index (χ1) is 11.9. The van der Waals surface area contributed by atoms with Crippen molar-refractivity contribution in [1.82, 2.24) is 0 Å². The van der Waals surface area contributed by atoms with E-state index in [1.165, 1.54) is 0 Å². The maximum absolute atomic E-state index is 12.0. The molecule has 2 spiro atoms. The zero-order valence-corrected chi connectivity index (χ0v) is 18.1. The Labute approximate surface area is 157 Å². The van der Waals surface area contributed by atoms with Gasteiger partial charge in [0.15, 0.2) is 8.32 Å². The van der Waals surface area contributed by atoms with Gasteiger partial charge in [-0.15, -0.1) is 0 Å². The summed E-state index contributed by atoms with van der Waals surface area (Å²) in [6.45, 7) is 13.9. The summed E-state index contributed by atoms with van der Waals surface area (Å²) in [7, 11) is -1.99. The van der Waals surface area contributed by atoms with Gasteiger partial charge in [0.1, 0.15) is 12.2 Å². The summed E-state index contributed by atoms with van der Waals surface area (Å²) < 4.78 is 18.3. The van der Waals surface area contributed by atoms with Crippen molar-refractivity contribution in [2.75, 3.05) is 13.2 Å². The normalized spacial score (nSPS) is 47.3. The van der Waals surface area contributed by atoms with E-state index in [9.17, 15) is 9.90 Å². The highest BCUT2D eigenvalue weighted by Gasteiger charge is 2.95. The third kappa shape index (κ3) is 1.69. The van der Waals surface area contributed by atoms with Gasteiger partial charge in [-0.1, -0.05) is 33.6 Å². The van der Waals surface area contributed by atoms with Gasteiger partial charge < -0.3 is 19.0 Å². The number of aliphatic hydroxyl groups excluding tert-OH is 1. The molecule has 4 saturated carbocycles. The molecule has 5 rings (SSSR count). The Hall–Kier alpha value is -0.593. The fourth-order valence-electron chi connectivity index (χ4n) is 7.08. The van der Waals surface area contributed by atoms with Crippen LogP contribution in [0.25, 0.3) is 0 Å². The minimum absolute atomic E-state index is 0.0235. The Morgan fingerprint density at radius 1 is 1.27 bits per heavy atom. The van der Waals surface area contributed by atoms with Crippen LogP contribution in [0.4, 0.5) is 4.79 Å². The zero-order valence-electron chi connectivity index (χ0n) is 17.1. The first-order valence-electron chi connectivity index (χ1n) is 10.1. The molecule has 0 aromatic rings. The number of ether oxygens (including phenoxy) is 2. The molecule has 1 aliphatic heterocycles. The predicted molar refractivity (Wildman–Crippen MR) is 100 cm³/mol. The highest BCUT2D eigenvalue weighted by molar-refractivity contribution is 6.74. The van der Waals surface area contributed by atoms with Crippen LogP contribution in [-0.2, 0) is 13.9 Å². The van der Waals surface area contributed by atoms with E-state index >= 15 is 0 Å². The maximum atomic E-state index is 12.0. The second-order valence-electron chi connectivity index (χ2n) is 10.7. The van der Waals surface area contributed by atoms with Gasteiger partial charge in [0.05, 0.1) is 18.1 Å². The number of fused-ring (bicyclic) bond motifs is 1. The van der Waals surface area contributed by atoms with Gasteiger partial charge in [-0.3, -0.25) is 0 Å². The number of hydrogen-bond acceptors (Lipinski definition) is 5. The molecule has 26 heavy (non-hydrogen) atoms. The molecule has 0 unspecified atom stereocenters. The molecule has 1 N–H and O–H groups in total. The van der Waals surface area contributed by atoms with E-state index in [4.69, 9.17) is 13.9 Å². The molecule has 4 aliphatic carbocycles. The van der Waals surface area contributed by atoms with Crippen LogP contribution in [0, 0.1) is 16.2 Å². The quantitative estimate of drug-likeness (QED) is 0.584. The Morgan fingerprint density at radius 2 is 1.92 bits per heavy atom. The van der Waals surface area contributed by atoms with Crippen molar-refractivity contribution >= 4 is 14.5 Å². The van der Waals surface area contributed by atoms with E-state index in [2.05, 4.69) is 40.8 Å². The summed E-state index contributed by atoms with van der Waals surface area (Å²) in [5, 5.41) is 10.7. The molecule has 0 aromatic heterocycles. The molecule has 5 nitrogen and oxygen atoms in total. The summed E-state index contributed by atoms with van der Waals surface area (Å²) in [6, 6.07) is 0. The monoisotopic (exact) mass is 382 g/mol. The van der Waals surface area contributed by atoms with Crippen molar-refractivity contribution in [2.45, 2.75) is 89.6 Å². The van der Waals surface area contributed by atoms with Crippen LogP contribution in [0.5, 0.6) is 0 Å². The number of cyclic esters (lactones) is 1. The number of hydrogen-bond donors (Lipinski definition) is 1. The third-order valence-electron chi connectivity index (χ3n) is 9.28. The molecule has 0 amide bonds. The fraction of sp³-hybridized carbons (Fsp3) is 0.950. The lowest BCUT2D eigenvalue weighted by molar-refractivity contribution is -0.383. The average Bonchev–Trinajstić information content (AvgIpc) is 2.91. The summed E-state index contributed by atoms with van der Waals surface area (Å²) in [4.78, 5) is 12.0. The van der Waals surface area contributed by atoms with Crippen molar-refractivity contribution < 1.29 is 23.8 Å². The largest absolute Gasteiger partial charge is 0.508 e. The first kappa shape index (κ1) is 18.8. The lowest BCUT2D eigenvalue weighted by Gasteiger charge is -2.76. The van der Waals surface area contributed by atoms with E-state index < -0.39 is 20.1 Å². The van der Waals surface area contributed by atoms with Crippen LogP contribution in [-0.4, -0.2) is 44.5 Å². The second-order valence-corrected chi connectivity index (χ2v) is 15.5. The van der Waals surface area contributed by atoms with Gasteiger partial charge in [-0.05, 0) is 44.3 Å². The predicted octanol–water partition coefficient (Wildman–Crippen LogP) is 4.25. The topological polar surface area (TPSA) is 65.0 Å². The molecule has 5 atom stereocenters. The molecule has 6 heteroatoms. The van der Waals surface area contributed by atoms with Crippen molar-refractivity contribution in [2.24, 2.45) is 16.2 Å². The van der Waals surface area contributed by atoms with Gasteiger partial charge in [0, 0.05) is 10.8 Å². The van der Waals surface area contributed by atoms with Crippen molar-refractivity contribution in [3.63, 3.8) is 0 Å². The Balaban J connectivity index is 1.81. The van der Waals surface area contributed by atoms with E-state index in [-0.39, 0.29) is 34.0 Å². The molecule has 5 aliphatic rings. The first-order valence-corrected chi connectivity index (χ1v) is 13.0. The second kappa shape index (κ2) is 5.06. The van der Waals surface area contributed by atoms with Gasteiger partial charge in [0.25, 0.3) is 0 Å². The van der Waals surface area contributed by atoms with E-state index in [0.717, 1.165) is 32.1 Å². The lowest BCUT2D eigenvalue weighted by atomic mass is 9.30. The van der Waals surface area contributed by atoms with Gasteiger partial charge in [-0.25, -0.2) is 4.79 Å². The third-order valence-corrected chi connectivity index (χ3v) is 13.8. The van der Waals surface area contributed by atoms with Crippen LogP contribution in [0.15, 0.2) is 0 Å². The van der Waals surface area contributed by atoms with Crippen LogP contribution in [0.2, 0.25) is 18.1 Å². The van der Waals surface area contributed by atoms with E-state index in [1.807, 2.05) is 0 Å². The summed E-state index contributed by atoms with van der Waals surface area (Å²) >= 11 is 0. The highest BCUT2D eigenvalue weighted by atomic mass is 28.4. The summed E-state index contributed by atoms with van der Waals surface area (Å²) in [6.07, 6.45) is 4.42. The standard InChI is InChI=1S/C20H34O5Si/c1-16(2,3)26(5,6)25-14-11-19-13-23-15(22)24-17(19,4)20(14)10-8-7-9-18(19,20)12-21/h14,21H,7-13H2,1-6H3/t14-,17+,18+,19-,20-/m0/s1. The molecule has 0 aromatic carbocycles. The van der Waals surface area contributed by atoms with E-state index in [0.29, 0.717) is 6.61 Å². The van der Waals surface area contributed by atoms with Crippen molar-refractivity contribution in [3.05, 3.63) is 0 Å². The zero-order chi connectivity index (χ0) is 19.2. The van der Waals surface area contributed by atoms with Gasteiger partial charge in [0.2, 0.25) is 0 Å². The molecule has 0 radical (unpaired) electrons. The smallest absolute Gasteiger partial charge is 0.433 e.